The number of nitrogens with zero attached hydrogens (tertiary/aromatic N) is 1. The zero-order chi connectivity index (χ0) is 11.1. The summed E-state index contributed by atoms with van der Waals surface area (Å²) in [6.45, 7) is 6.94. The van der Waals surface area contributed by atoms with Gasteiger partial charge in [0.1, 0.15) is 0 Å². The summed E-state index contributed by atoms with van der Waals surface area (Å²) in [6.07, 6.45) is 0. The monoisotopic (exact) mass is 225 g/mol. The van der Waals surface area contributed by atoms with E-state index in [2.05, 4.69) is 13.0 Å². The maximum Gasteiger partial charge on any atom is 0.254 e. The zero-order valence-electron chi connectivity index (χ0n) is 9.24. The van der Waals surface area contributed by atoms with Gasteiger partial charge in [-0.2, -0.15) is 0 Å². The van der Waals surface area contributed by atoms with Crippen LogP contribution in [0, 0.1) is 12.3 Å². The van der Waals surface area contributed by atoms with E-state index in [1.807, 2.05) is 19.9 Å². The van der Waals surface area contributed by atoms with Crippen molar-refractivity contribution in [2.45, 2.75) is 27.3 Å². The molecule has 1 amide bonds. The molecule has 0 aliphatic carbocycles. The van der Waals surface area contributed by atoms with Crippen LogP contribution in [0.1, 0.15) is 23.6 Å². The van der Waals surface area contributed by atoms with Crippen molar-refractivity contribution in [2.75, 3.05) is 6.61 Å². The smallest absolute Gasteiger partial charge is 0.254 e. The molecule has 1 aromatic heterocycles. The first kappa shape index (κ1) is 10.6. The molecule has 0 N–H and O–H groups in total. The first-order chi connectivity index (χ1) is 6.99. The van der Waals surface area contributed by atoms with Gasteiger partial charge in [-0.25, -0.2) is 5.06 Å². The van der Waals surface area contributed by atoms with Crippen molar-refractivity contribution in [1.29, 1.82) is 0 Å². The van der Waals surface area contributed by atoms with E-state index in [-0.39, 0.29) is 11.3 Å². The first-order valence-corrected chi connectivity index (χ1v) is 5.81. The number of thiophene rings is 1. The fourth-order valence-corrected chi connectivity index (χ4v) is 2.39. The van der Waals surface area contributed by atoms with Crippen LogP contribution in [0.5, 0.6) is 0 Å². The Morgan fingerprint density at radius 3 is 2.73 bits per heavy atom. The van der Waals surface area contributed by atoms with Gasteiger partial charge in [-0.1, -0.05) is 0 Å². The van der Waals surface area contributed by atoms with E-state index in [9.17, 15) is 4.79 Å². The average molecular weight is 225 g/mol. The van der Waals surface area contributed by atoms with Crippen LogP contribution >= 0.6 is 11.3 Å². The quantitative estimate of drug-likeness (QED) is 0.773. The van der Waals surface area contributed by atoms with E-state index >= 15 is 0 Å². The summed E-state index contributed by atoms with van der Waals surface area (Å²) in [5.41, 5.74) is -0.369. The van der Waals surface area contributed by atoms with Gasteiger partial charge in [0.25, 0.3) is 5.91 Å². The Labute approximate surface area is 93.6 Å². The molecule has 0 radical (unpaired) electrons. The molecule has 1 aromatic rings. The maximum atomic E-state index is 11.8. The predicted molar refractivity (Wildman–Crippen MR) is 59.3 cm³/mol. The van der Waals surface area contributed by atoms with Crippen molar-refractivity contribution >= 4 is 17.2 Å². The van der Waals surface area contributed by atoms with Crippen LogP contribution in [0.4, 0.5) is 0 Å². The molecule has 1 saturated heterocycles. The van der Waals surface area contributed by atoms with Gasteiger partial charge in [0.2, 0.25) is 0 Å². The molecule has 1 aliphatic rings. The second-order valence-corrected chi connectivity index (χ2v) is 5.88. The summed E-state index contributed by atoms with van der Waals surface area (Å²) >= 11 is 1.70. The first-order valence-electron chi connectivity index (χ1n) is 4.99. The fourth-order valence-electron chi connectivity index (χ4n) is 1.53. The summed E-state index contributed by atoms with van der Waals surface area (Å²) in [4.78, 5) is 19.7. The second-order valence-electron chi connectivity index (χ2n) is 4.51. The van der Waals surface area contributed by atoms with E-state index < -0.39 is 0 Å². The molecule has 2 rings (SSSR count). The highest BCUT2D eigenvalue weighted by molar-refractivity contribution is 7.11. The Kier molecular flexibility index (Phi) is 2.56. The topological polar surface area (TPSA) is 29.5 Å². The van der Waals surface area contributed by atoms with Gasteiger partial charge in [-0.3, -0.25) is 9.63 Å². The van der Waals surface area contributed by atoms with E-state index in [0.717, 1.165) is 0 Å². The third-order valence-corrected chi connectivity index (χ3v) is 3.47. The van der Waals surface area contributed by atoms with Crippen LogP contribution in [0.2, 0.25) is 0 Å². The molecule has 0 bridgehead atoms. The SMILES string of the molecule is Cc1ccc(CN2OCC(C)(C)C2=O)s1. The van der Waals surface area contributed by atoms with Gasteiger partial charge >= 0.3 is 0 Å². The lowest BCUT2D eigenvalue weighted by Crippen LogP contribution is -2.30. The number of hydrogen-bond acceptors (Lipinski definition) is 3. The molecule has 3 nitrogen and oxygen atoms in total. The third kappa shape index (κ3) is 2.06. The summed E-state index contributed by atoms with van der Waals surface area (Å²) in [6, 6.07) is 4.10. The molecular weight excluding hydrogens is 210 g/mol. The van der Waals surface area contributed by atoms with Crippen molar-refractivity contribution in [3.05, 3.63) is 21.9 Å². The van der Waals surface area contributed by atoms with Gasteiger partial charge < -0.3 is 0 Å². The van der Waals surface area contributed by atoms with Crippen molar-refractivity contribution in [3.8, 4) is 0 Å². The number of amides is 1. The van der Waals surface area contributed by atoms with Crippen LogP contribution in [-0.4, -0.2) is 17.6 Å². The highest BCUT2D eigenvalue weighted by Gasteiger charge is 2.40. The second kappa shape index (κ2) is 3.61. The van der Waals surface area contributed by atoms with E-state index in [1.54, 1.807) is 11.3 Å². The number of carbonyl (C=O) groups is 1. The molecule has 0 unspecified atom stereocenters. The van der Waals surface area contributed by atoms with Crippen molar-refractivity contribution in [2.24, 2.45) is 5.41 Å². The van der Waals surface area contributed by atoms with Crippen molar-refractivity contribution in [3.63, 3.8) is 0 Å². The Bertz CT molecular complexity index is 384. The van der Waals surface area contributed by atoms with Gasteiger partial charge in [-0.05, 0) is 32.9 Å². The van der Waals surface area contributed by atoms with Crippen LogP contribution in [-0.2, 0) is 16.2 Å². The normalized spacial score (nSPS) is 19.9. The minimum atomic E-state index is -0.369. The third-order valence-electron chi connectivity index (χ3n) is 2.48. The Morgan fingerprint density at radius 2 is 2.27 bits per heavy atom. The van der Waals surface area contributed by atoms with E-state index in [0.29, 0.717) is 13.2 Å². The maximum absolute atomic E-state index is 11.8. The highest BCUT2D eigenvalue weighted by atomic mass is 32.1. The Hall–Kier alpha value is -0.870. The minimum Gasteiger partial charge on any atom is -0.272 e. The standard InChI is InChI=1S/C11H15NO2S/c1-8-4-5-9(15-8)6-12-10(13)11(2,3)7-14-12/h4-5H,6-7H2,1-3H3. The number of hydrogen-bond donors (Lipinski definition) is 0. The molecular formula is C11H15NO2S. The number of aryl methyl sites for hydroxylation is 1. The molecule has 0 saturated carbocycles. The van der Waals surface area contributed by atoms with Gasteiger partial charge in [-0.15, -0.1) is 11.3 Å². The molecule has 0 spiro atoms. The van der Waals surface area contributed by atoms with Gasteiger partial charge in [0.05, 0.1) is 18.6 Å². The average Bonchev–Trinajstić information content (AvgIpc) is 2.66. The van der Waals surface area contributed by atoms with Crippen LogP contribution < -0.4 is 0 Å². The van der Waals surface area contributed by atoms with Crippen molar-refractivity contribution < 1.29 is 9.63 Å². The molecule has 1 fully saturated rings. The van der Waals surface area contributed by atoms with Crippen LogP contribution in [0.25, 0.3) is 0 Å². The minimum absolute atomic E-state index is 0.0774. The molecule has 2 heterocycles. The van der Waals surface area contributed by atoms with Crippen LogP contribution in [0.3, 0.4) is 0 Å². The lowest BCUT2D eigenvalue weighted by atomic mass is 9.95. The Morgan fingerprint density at radius 1 is 1.53 bits per heavy atom. The number of hydroxylamine groups is 2. The summed E-state index contributed by atoms with van der Waals surface area (Å²) < 4.78 is 0. The molecule has 4 heteroatoms. The number of carbonyl (C=O) groups excluding carboxylic acids is 1. The largest absolute Gasteiger partial charge is 0.272 e. The van der Waals surface area contributed by atoms with Crippen LogP contribution in [0.15, 0.2) is 12.1 Å². The summed E-state index contributed by atoms with van der Waals surface area (Å²) in [7, 11) is 0. The molecule has 1 aliphatic heterocycles. The molecule has 15 heavy (non-hydrogen) atoms. The molecule has 0 aromatic carbocycles. The molecule has 82 valence electrons. The summed E-state index contributed by atoms with van der Waals surface area (Å²) in [5, 5.41) is 1.48. The molecule has 0 atom stereocenters. The van der Waals surface area contributed by atoms with E-state index in [1.165, 1.54) is 14.8 Å². The van der Waals surface area contributed by atoms with Gasteiger partial charge in [0.15, 0.2) is 0 Å². The van der Waals surface area contributed by atoms with Gasteiger partial charge in [0, 0.05) is 9.75 Å². The summed E-state index contributed by atoms with van der Waals surface area (Å²) in [5.74, 6) is 0.0774. The van der Waals surface area contributed by atoms with E-state index in [4.69, 9.17) is 4.84 Å². The fraction of sp³-hybridized carbons (Fsp3) is 0.545. The lowest BCUT2D eigenvalue weighted by Gasteiger charge is -2.15. The lowest BCUT2D eigenvalue weighted by molar-refractivity contribution is -0.164. The highest BCUT2D eigenvalue weighted by Crippen LogP contribution is 2.29. The number of rotatable bonds is 2. The predicted octanol–water partition coefficient (Wildman–Crippen LogP) is 2.36. The zero-order valence-corrected chi connectivity index (χ0v) is 10.1. The Balaban J connectivity index is 2.06. The van der Waals surface area contributed by atoms with Crippen molar-refractivity contribution in [1.82, 2.24) is 5.06 Å².